The van der Waals surface area contributed by atoms with Crippen molar-refractivity contribution in [3.05, 3.63) is 48.7 Å². The van der Waals surface area contributed by atoms with Crippen molar-refractivity contribution in [3.63, 3.8) is 0 Å². The van der Waals surface area contributed by atoms with Gasteiger partial charge in [0.05, 0.1) is 17.9 Å². The predicted molar refractivity (Wildman–Crippen MR) is 120 cm³/mol. The third-order valence-electron chi connectivity index (χ3n) is 6.10. The van der Waals surface area contributed by atoms with Crippen LogP contribution in [0.1, 0.15) is 36.2 Å². The molecule has 1 saturated carbocycles. The van der Waals surface area contributed by atoms with Gasteiger partial charge >= 0.3 is 0 Å². The van der Waals surface area contributed by atoms with E-state index in [0.29, 0.717) is 18.1 Å². The molecule has 0 unspecified atom stereocenters. The van der Waals surface area contributed by atoms with Crippen molar-refractivity contribution in [1.29, 1.82) is 0 Å². The van der Waals surface area contributed by atoms with E-state index in [-0.39, 0.29) is 18.0 Å². The molecule has 9 nitrogen and oxygen atoms in total. The predicted octanol–water partition coefficient (Wildman–Crippen LogP) is 2.84. The van der Waals surface area contributed by atoms with Crippen molar-refractivity contribution >= 4 is 33.8 Å². The number of nitrogens with one attached hydrogen (secondary N) is 2. The minimum Gasteiger partial charge on any atom is -0.491 e. The van der Waals surface area contributed by atoms with Crippen molar-refractivity contribution in [2.24, 2.45) is 0 Å². The van der Waals surface area contributed by atoms with Gasteiger partial charge in [-0.15, -0.1) is 0 Å². The topological polar surface area (TPSA) is 109 Å². The second-order valence-electron chi connectivity index (χ2n) is 8.37. The van der Waals surface area contributed by atoms with E-state index < -0.39 is 0 Å². The summed E-state index contributed by atoms with van der Waals surface area (Å²) >= 11 is 0. The van der Waals surface area contributed by atoms with E-state index in [4.69, 9.17) is 4.74 Å². The molecule has 4 heterocycles. The minimum absolute atomic E-state index is 0.146. The molecule has 2 fully saturated rings. The number of hydrogen-bond donors (Lipinski definition) is 2. The van der Waals surface area contributed by atoms with Crippen LogP contribution in [0.25, 0.3) is 22.1 Å². The number of carbonyl (C=O) groups excluding carboxylic acids is 1. The molecule has 1 saturated heterocycles. The van der Waals surface area contributed by atoms with E-state index in [1.165, 1.54) is 0 Å². The fraction of sp³-hybridized carbons (Fsp3) is 0.348. The third-order valence-corrected chi connectivity index (χ3v) is 6.10. The number of para-hydroxylation sites is 1. The summed E-state index contributed by atoms with van der Waals surface area (Å²) in [5, 5.41) is 3.91. The van der Waals surface area contributed by atoms with E-state index >= 15 is 0 Å². The number of benzene rings is 1. The second-order valence-corrected chi connectivity index (χ2v) is 8.37. The van der Waals surface area contributed by atoms with Crippen molar-refractivity contribution < 1.29 is 9.53 Å². The zero-order valence-corrected chi connectivity index (χ0v) is 17.5. The van der Waals surface area contributed by atoms with Gasteiger partial charge in [-0.1, -0.05) is 12.1 Å². The number of rotatable bonds is 6. The van der Waals surface area contributed by atoms with Gasteiger partial charge in [-0.2, -0.15) is 0 Å². The highest BCUT2D eigenvalue weighted by Gasteiger charge is 2.29. The summed E-state index contributed by atoms with van der Waals surface area (Å²) in [5.41, 5.74) is 2.65. The molecule has 0 spiro atoms. The molecule has 0 bridgehead atoms. The molecule has 0 radical (unpaired) electrons. The number of fused-ring (bicyclic) bond motifs is 2. The van der Waals surface area contributed by atoms with Gasteiger partial charge in [0.2, 0.25) is 0 Å². The number of imidazole rings is 1. The van der Waals surface area contributed by atoms with Crippen molar-refractivity contribution in [2.45, 2.75) is 37.8 Å². The smallest absolute Gasteiger partial charge is 0.270 e. The van der Waals surface area contributed by atoms with Crippen LogP contribution in [0.2, 0.25) is 0 Å². The highest BCUT2D eigenvalue weighted by Crippen LogP contribution is 2.30. The van der Waals surface area contributed by atoms with Gasteiger partial charge in [0.1, 0.15) is 29.9 Å². The summed E-state index contributed by atoms with van der Waals surface area (Å²) in [7, 11) is 0. The molecule has 9 heteroatoms. The Kier molecular flexibility index (Phi) is 4.59. The van der Waals surface area contributed by atoms with Gasteiger partial charge in [0, 0.05) is 24.0 Å². The zero-order valence-electron chi connectivity index (χ0n) is 17.5. The SMILES string of the molecule is O=C(NC1CC1)c1cc(OC[C@H]2CCCN2c2ncnc3[nH]cnc23)c2ccccc2n1. The summed E-state index contributed by atoms with van der Waals surface area (Å²) in [4.78, 5) is 35.6. The van der Waals surface area contributed by atoms with Crippen molar-refractivity contribution in [1.82, 2.24) is 30.2 Å². The Morgan fingerprint density at radius 2 is 2.09 bits per heavy atom. The van der Waals surface area contributed by atoms with E-state index in [2.05, 4.69) is 35.1 Å². The summed E-state index contributed by atoms with van der Waals surface area (Å²) in [5.74, 6) is 1.36. The Bertz CT molecular complexity index is 1300. The number of carbonyl (C=O) groups is 1. The quantitative estimate of drug-likeness (QED) is 0.485. The number of hydrogen-bond acceptors (Lipinski definition) is 7. The number of amides is 1. The number of nitrogens with zero attached hydrogens (tertiary/aromatic N) is 5. The molecule has 1 atom stereocenters. The van der Waals surface area contributed by atoms with Crippen molar-refractivity contribution in [2.75, 3.05) is 18.1 Å². The maximum Gasteiger partial charge on any atom is 0.270 e. The normalized spacial score (nSPS) is 18.4. The van der Waals surface area contributed by atoms with Gasteiger partial charge in [-0.05, 0) is 37.8 Å². The van der Waals surface area contributed by atoms with Crippen LogP contribution in [0.15, 0.2) is 43.0 Å². The number of pyridine rings is 1. The Morgan fingerprint density at radius 3 is 3.00 bits per heavy atom. The standard InChI is InChI=1S/C23H23N7O2/c31-23(28-14-7-8-14)18-10-19(16-5-1-2-6-17(16)29-18)32-11-15-4-3-9-30(15)22-20-21(25-12-24-20)26-13-27-22/h1-2,5-6,10,12-15H,3-4,7-9,11H2,(H,28,31)(H,24,25,26,27)/t15-/m1/s1. The zero-order chi connectivity index (χ0) is 21.5. The maximum absolute atomic E-state index is 12.6. The summed E-state index contributed by atoms with van der Waals surface area (Å²) in [6.45, 7) is 1.37. The lowest BCUT2D eigenvalue weighted by Gasteiger charge is -2.26. The monoisotopic (exact) mass is 429 g/mol. The molecular weight excluding hydrogens is 406 g/mol. The van der Waals surface area contributed by atoms with Crippen LogP contribution in [-0.2, 0) is 0 Å². The van der Waals surface area contributed by atoms with Crippen LogP contribution < -0.4 is 15.0 Å². The van der Waals surface area contributed by atoms with Crippen LogP contribution in [-0.4, -0.2) is 56.1 Å². The number of aromatic nitrogens is 5. The molecule has 4 aromatic rings. The van der Waals surface area contributed by atoms with Gasteiger partial charge in [0.25, 0.3) is 5.91 Å². The van der Waals surface area contributed by atoms with Crippen LogP contribution in [0, 0.1) is 0 Å². The maximum atomic E-state index is 12.6. The fourth-order valence-corrected chi connectivity index (χ4v) is 4.30. The summed E-state index contributed by atoms with van der Waals surface area (Å²) < 4.78 is 6.33. The Morgan fingerprint density at radius 1 is 1.19 bits per heavy atom. The van der Waals surface area contributed by atoms with E-state index in [9.17, 15) is 4.79 Å². The average Bonchev–Trinajstić information content (AvgIpc) is 3.30. The number of H-pyrrole nitrogens is 1. The molecule has 1 aliphatic carbocycles. The Labute approximate surface area is 184 Å². The highest BCUT2D eigenvalue weighted by atomic mass is 16.5. The summed E-state index contributed by atoms with van der Waals surface area (Å²) in [6, 6.07) is 9.95. The van der Waals surface area contributed by atoms with Gasteiger partial charge in [0.15, 0.2) is 11.5 Å². The van der Waals surface area contributed by atoms with Crippen LogP contribution in [0.4, 0.5) is 5.82 Å². The molecule has 3 aromatic heterocycles. The van der Waals surface area contributed by atoms with Crippen LogP contribution >= 0.6 is 0 Å². The lowest BCUT2D eigenvalue weighted by atomic mass is 10.1. The first kappa shape index (κ1) is 19.0. The third kappa shape index (κ3) is 3.49. The van der Waals surface area contributed by atoms with Gasteiger partial charge in [-0.3, -0.25) is 4.79 Å². The minimum atomic E-state index is -0.146. The molecule has 1 amide bonds. The van der Waals surface area contributed by atoms with Gasteiger partial charge in [-0.25, -0.2) is 19.9 Å². The summed E-state index contributed by atoms with van der Waals surface area (Å²) in [6.07, 6.45) is 7.32. The molecule has 162 valence electrons. The molecule has 1 aliphatic heterocycles. The Balaban J connectivity index is 1.27. The largest absolute Gasteiger partial charge is 0.491 e. The Hall–Kier alpha value is -3.75. The van der Waals surface area contributed by atoms with Crippen LogP contribution in [0.5, 0.6) is 5.75 Å². The molecule has 2 N–H and O–H groups in total. The lowest BCUT2D eigenvalue weighted by Crippen LogP contribution is -2.35. The van der Waals surface area contributed by atoms with E-state index in [1.54, 1.807) is 18.7 Å². The highest BCUT2D eigenvalue weighted by molar-refractivity contribution is 5.97. The molecule has 2 aliphatic rings. The number of ether oxygens (including phenoxy) is 1. The fourth-order valence-electron chi connectivity index (χ4n) is 4.30. The molecule has 1 aromatic carbocycles. The molecule has 6 rings (SSSR count). The number of aromatic amines is 1. The first-order valence-electron chi connectivity index (χ1n) is 11.0. The first-order valence-corrected chi connectivity index (χ1v) is 11.0. The van der Waals surface area contributed by atoms with E-state index in [0.717, 1.165) is 60.1 Å². The molecular formula is C23H23N7O2. The second kappa shape index (κ2) is 7.74. The van der Waals surface area contributed by atoms with Crippen molar-refractivity contribution in [3.8, 4) is 5.75 Å². The number of anilines is 1. The van der Waals surface area contributed by atoms with Gasteiger partial charge < -0.3 is 19.9 Å². The average molecular weight is 429 g/mol. The lowest BCUT2D eigenvalue weighted by molar-refractivity contribution is 0.0946. The first-order chi connectivity index (χ1) is 15.8. The van der Waals surface area contributed by atoms with E-state index in [1.807, 2.05) is 24.3 Å². The molecule has 32 heavy (non-hydrogen) atoms. The van der Waals surface area contributed by atoms with Crippen LogP contribution in [0.3, 0.4) is 0 Å².